The summed E-state index contributed by atoms with van der Waals surface area (Å²) in [5.74, 6) is 0. The van der Waals surface area contributed by atoms with E-state index in [1.165, 1.54) is 4.90 Å². The number of hydrogen-bond acceptors (Lipinski definition) is 2. The van der Waals surface area contributed by atoms with Gasteiger partial charge >= 0.3 is 6.09 Å². The number of carbonyl (C=O) groups is 1. The number of amides is 1. The molecule has 0 saturated carbocycles. The van der Waals surface area contributed by atoms with Crippen molar-refractivity contribution in [3.63, 3.8) is 0 Å². The number of nitrogens with zero attached hydrogens (tertiary/aromatic N) is 1. The Bertz CT molecular complexity index is 145. The Morgan fingerprint density at radius 3 is 2.09 bits per heavy atom. The van der Waals surface area contributed by atoms with Gasteiger partial charge in [-0.2, -0.15) is 0 Å². The van der Waals surface area contributed by atoms with Gasteiger partial charge in [0.15, 0.2) is 0 Å². The van der Waals surface area contributed by atoms with E-state index in [0.29, 0.717) is 6.54 Å². The van der Waals surface area contributed by atoms with Gasteiger partial charge in [0.2, 0.25) is 0 Å². The zero-order valence-corrected chi connectivity index (χ0v) is 7.16. The molecule has 4 nitrogen and oxygen atoms in total. The molecule has 0 aromatic carbocycles. The second-order valence-corrected chi connectivity index (χ2v) is 3.00. The van der Waals surface area contributed by atoms with Crippen LogP contribution in [-0.2, 0) is 0 Å². The van der Waals surface area contributed by atoms with E-state index in [-0.39, 0.29) is 6.61 Å². The molecule has 0 aliphatic rings. The molecular formula is C7H15NO3. The second-order valence-electron chi connectivity index (χ2n) is 3.00. The quantitative estimate of drug-likeness (QED) is 0.642. The number of aliphatic hydroxyl groups excluding tert-OH is 1. The summed E-state index contributed by atoms with van der Waals surface area (Å²) in [6, 6.07) is 0. The van der Waals surface area contributed by atoms with E-state index in [1.54, 1.807) is 20.8 Å². The van der Waals surface area contributed by atoms with Crippen LogP contribution in [0.3, 0.4) is 0 Å². The molecule has 2 N–H and O–H groups in total. The molecule has 0 radical (unpaired) electrons. The summed E-state index contributed by atoms with van der Waals surface area (Å²) in [4.78, 5) is 11.8. The highest BCUT2D eigenvalue weighted by Crippen LogP contribution is 2.12. The molecule has 0 spiro atoms. The standard InChI is InChI=1S/C7H15NO3/c1-4-8(6(10)11)7(2,3)5-9/h9H,4-5H2,1-3H3,(H,10,11). The molecule has 0 fully saturated rings. The average Bonchev–Trinajstić information content (AvgIpc) is 1.88. The van der Waals surface area contributed by atoms with Gasteiger partial charge in [-0.3, -0.25) is 0 Å². The highest BCUT2D eigenvalue weighted by molar-refractivity contribution is 5.65. The second kappa shape index (κ2) is 3.57. The number of hydrogen-bond donors (Lipinski definition) is 2. The summed E-state index contributed by atoms with van der Waals surface area (Å²) in [5.41, 5.74) is -0.680. The predicted octanol–water partition coefficient (Wildman–Crippen LogP) is 0.757. The smallest absolute Gasteiger partial charge is 0.407 e. The first-order chi connectivity index (χ1) is 4.95. The Morgan fingerprint density at radius 1 is 1.55 bits per heavy atom. The third kappa shape index (κ3) is 2.38. The van der Waals surface area contributed by atoms with Crippen LogP contribution in [0.1, 0.15) is 20.8 Å². The summed E-state index contributed by atoms with van der Waals surface area (Å²) in [5, 5.41) is 17.5. The monoisotopic (exact) mass is 161 g/mol. The molecule has 4 heteroatoms. The van der Waals surface area contributed by atoms with Crippen molar-refractivity contribution in [2.24, 2.45) is 0 Å². The molecule has 1 amide bonds. The van der Waals surface area contributed by atoms with E-state index in [1.807, 2.05) is 0 Å². The molecule has 0 atom stereocenters. The predicted molar refractivity (Wildman–Crippen MR) is 41.6 cm³/mol. The zero-order chi connectivity index (χ0) is 9.07. The minimum absolute atomic E-state index is 0.160. The van der Waals surface area contributed by atoms with Gasteiger partial charge in [-0.1, -0.05) is 0 Å². The molecule has 0 aromatic heterocycles. The van der Waals surface area contributed by atoms with Gasteiger partial charge < -0.3 is 15.1 Å². The molecule has 0 aromatic rings. The van der Waals surface area contributed by atoms with Crippen molar-refractivity contribution in [3.8, 4) is 0 Å². The van der Waals surface area contributed by atoms with Crippen LogP contribution in [0.5, 0.6) is 0 Å². The van der Waals surface area contributed by atoms with Gasteiger partial charge in [-0.25, -0.2) is 4.79 Å². The van der Waals surface area contributed by atoms with Crippen LogP contribution < -0.4 is 0 Å². The Balaban J connectivity index is 4.36. The van der Waals surface area contributed by atoms with Crippen LogP contribution in [0.25, 0.3) is 0 Å². The van der Waals surface area contributed by atoms with Crippen LogP contribution in [0, 0.1) is 0 Å². The summed E-state index contributed by atoms with van der Waals surface area (Å²) >= 11 is 0. The van der Waals surface area contributed by atoms with Crippen LogP contribution in [0.15, 0.2) is 0 Å². The zero-order valence-electron chi connectivity index (χ0n) is 7.16. The fourth-order valence-electron chi connectivity index (χ4n) is 0.908. The fourth-order valence-corrected chi connectivity index (χ4v) is 0.908. The van der Waals surface area contributed by atoms with E-state index in [4.69, 9.17) is 10.2 Å². The topological polar surface area (TPSA) is 60.8 Å². The molecule has 0 aliphatic carbocycles. The Hall–Kier alpha value is -0.770. The van der Waals surface area contributed by atoms with Crippen molar-refractivity contribution in [3.05, 3.63) is 0 Å². The molecular weight excluding hydrogens is 146 g/mol. The first-order valence-electron chi connectivity index (χ1n) is 3.57. The maximum Gasteiger partial charge on any atom is 0.407 e. The van der Waals surface area contributed by atoms with Crippen LogP contribution >= 0.6 is 0 Å². The van der Waals surface area contributed by atoms with Crippen molar-refractivity contribution in [2.75, 3.05) is 13.2 Å². The summed E-state index contributed by atoms with van der Waals surface area (Å²) in [6.45, 7) is 5.34. The van der Waals surface area contributed by atoms with Crippen molar-refractivity contribution in [1.29, 1.82) is 0 Å². The van der Waals surface area contributed by atoms with Crippen molar-refractivity contribution in [1.82, 2.24) is 4.90 Å². The van der Waals surface area contributed by atoms with E-state index >= 15 is 0 Å². The normalized spacial score (nSPS) is 11.3. The van der Waals surface area contributed by atoms with Crippen LogP contribution in [-0.4, -0.2) is 39.9 Å². The Kier molecular flexibility index (Phi) is 3.32. The van der Waals surface area contributed by atoms with Gasteiger partial charge in [0, 0.05) is 6.54 Å². The molecule has 0 aliphatic heterocycles. The molecule has 11 heavy (non-hydrogen) atoms. The van der Waals surface area contributed by atoms with Gasteiger partial charge in [0.05, 0.1) is 12.1 Å². The lowest BCUT2D eigenvalue weighted by molar-refractivity contribution is 0.0580. The lowest BCUT2D eigenvalue weighted by Crippen LogP contribution is -2.49. The van der Waals surface area contributed by atoms with Gasteiger partial charge in [-0.05, 0) is 20.8 Å². The molecule has 0 rings (SSSR count). The van der Waals surface area contributed by atoms with Crippen molar-refractivity contribution >= 4 is 6.09 Å². The highest BCUT2D eigenvalue weighted by Gasteiger charge is 2.28. The summed E-state index contributed by atoms with van der Waals surface area (Å²) in [7, 11) is 0. The number of aliphatic hydroxyl groups is 1. The first-order valence-corrected chi connectivity index (χ1v) is 3.57. The largest absolute Gasteiger partial charge is 0.465 e. The molecule has 66 valence electrons. The van der Waals surface area contributed by atoms with Crippen molar-refractivity contribution in [2.45, 2.75) is 26.3 Å². The van der Waals surface area contributed by atoms with E-state index < -0.39 is 11.6 Å². The van der Waals surface area contributed by atoms with Crippen LogP contribution in [0.2, 0.25) is 0 Å². The SMILES string of the molecule is CCN(C(=O)O)C(C)(C)CO. The van der Waals surface area contributed by atoms with E-state index in [9.17, 15) is 4.79 Å². The van der Waals surface area contributed by atoms with E-state index in [2.05, 4.69) is 0 Å². The third-order valence-electron chi connectivity index (χ3n) is 1.66. The molecule has 0 saturated heterocycles. The summed E-state index contributed by atoms with van der Waals surface area (Å²) < 4.78 is 0. The maximum atomic E-state index is 10.6. The number of carboxylic acid groups (broad SMARTS) is 1. The summed E-state index contributed by atoms with van der Waals surface area (Å²) in [6.07, 6.45) is -0.994. The first kappa shape index (κ1) is 10.2. The van der Waals surface area contributed by atoms with Gasteiger partial charge in [0.25, 0.3) is 0 Å². The lowest BCUT2D eigenvalue weighted by Gasteiger charge is -2.33. The minimum Gasteiger partial charge on any atom is -0.465 e. The Labute approximate surface area is 66.4 Å². The third-order valence-corrected chi connectivity index (χ3v) is 1.66. The van der Waals surface area contributed by atoms with Crippen LogP contribution in [0.4, 0.5) is 4.79 Å². The molecule has 0 heterocycles. The molecule has 0 unspecified atom stereocenters. The minimum atomic E-state index is -0.994. The maximum absolute atomic E-state index is 10.6. The van der Waals surface area contributed by atoms with Gasteiger partial charge in [0.1, 0.15) is 0 Å². The Morgan fingerprint density at radius 2 is 2.00 bits per heavy atom. The fraction of sp³-hybridized carbons (Fsp3) is 0.857. The number of likely N-dealkylation sites (N-methyl/N-ethyl adjacent to an activating group) is 1. The number of rotatable bonds is 3. The lowest BCUT2D eigenvalue weighted by atomic mass is 10.1. The molecule has 0 bridgehead atoms. The van der Waals surface area contributed by atoms with Gasteiger partial charge in [-0.15, -0.1) is 0 Å². The van der Waals surface area contributed by atoms with Crippen molar-refractivity contribution < 1.29 is 15.0 Å². The average molecular weight is 161 g/mol. The van der Waals surface area contributed by atoms with E-state index in [0.717, 1.165) is 0 Å². The highest BCUT2D eigenvalue weighted by atomic mass is 16.4.